The molecule has 0 atom stereocenters. The van der Waals surface area contributed by atoms with E-state index in [2.05, 4.69) is 75.4 Å². The van der Waals surface area contributed by atoms with Crippen LogP contribution in [-0.4, -0.2) is 29.9 Å². The van der Waals surface area contributed by atoms with Gasteiger partial charge in [-0.15, -0.1) is 0 Å². The Morgan fingerprint density at radius 3 is 2.39 bits per heavy atom. The molecule has 1 N–H and O–H groups in total. The summed E-state index contributed by atoms with van der Waals surface area (Å²) in [5.41, 5.74) is 5.58. The Morgan fingerprint density at radius 2 is 1.58 bits per heavy atom. The largest absolute Gasteiger partial charge is 0.332 e. The number of hydrogen-bond acceptors (Lipinski definition) is 3. The van der Waals surface area contributed by atoms with Gasteiger partial charge in [-0.25, -0.2) is 9.50 Å². The summed E-state index contributed by atoms with van der Waals surface area (Å²) in [5, 5.41) is 5.26. The lowest BCUT2D eigenvalue weighted by Crippen LogP contribution is -1.96. The summed E-state index contributed by atoms with van der Waals surface area (Å²) in [4.78, 5) is 8.50. The molecule has 0 unspecified atom stereocenters. The fourth-order valence-corrected chi connectivity index (χ4v) is 4.70. The van der Waals surface area contributed by atoms with Crippen molar-refractivity contribution >= 4 is 17.4 Å². The van der Waals surface area contributed by atoms with Gasteiger partial charge in [0.2, 0.25) is 0 Å². The Kier molecular flexibility index (Phi) is 5.89. The van der Waals surface area contributed by atoms with E-state index >= 15 is 0 Å². The number of imidazole rings is 2. The second-order valence-electron chi connectivity index (χ2n) is 7.53. The summed E-state index contributed by atoms with van der Waals surface area (Å²) in [5.74, 6) is 1.06. The van der Waals surface area contributed by atoms with Crippen LogP contribution in [0.1, 0.15) is 19.3 Å². The van der Waals surface area contributed by atoms with Crippen molar-refractivity contribution in [3.05, 3.63) is 85.3 Å². The SMILES string of the molecule is c1ccc(-c2nc(SCCCCCn3ccn4nccc34)[nH]c2-c2ccccc2)cc1. The van der Waals surface area contributed by atoms with Gasteiger partial charge in [-0.3, -0.25) is 0 Å². The molecule has 6 heteroatoms. The van der Waals surface area contributed by atoms with E-state index in [9.17, 15) is 0 Å². The highest BCUT2D eigenvalue weighted by molar-refractivity contribution is 7.99. The molecule has 0 amide bonds. The zero-order valence-corrected chi connectivity index (χ0v) is 18.1. The Hall–Kier alpha value is -3.25. The number of aromatic nitrogens is 5. The van der Waals surface area contributed by atoms with E-state index in [0.717, 1.165) is 40.1 Å². The number of unbranched alkanes of at least 4 members (excludes halogenated alkanes) is 2. The fraction of sp³-hybridized carbons (Fsp3) is 0.200. The first-order valence-corrected chi connectivity index (χ1v) is 11.7. The van der Waals surface area contributed by atoms with Crippen LogP contribution in [-0.2, 0) is 6.54 Å². The molecule has 0 spiro atoms. The van der Waals surface area contributed by atoms with Gasteiger partial charge in [0.15, 0.2) is 5.16 Å². The molecule has 31 heavy (non-hydrogen) atoms. The molecule has 156 valence electrons. The van der Waals surface area contributed by atoms with Crippen LogP contribution in [0.25, 0.3) is 28.2 Å². The maximum atomic E-state index is 4.94. The minimum absolute atomic E-state index is 0.990. The van der Waals surface area contributed by atoms with E-state index in [1.54, 1.807) is 0 Å². The van der Waals surface area contributed by atoms with E-state index in [1.165, 1.54) is 24.8 Å². The number of benzene rings is 2. The first kappa shape index (κ1) is 19.7. The molecule has 0 bridgehead atoms. The summed E-state index contributed by atoms with van der Waals surface area (Å²) in [6, 6.07) is 22.9. The first-order chi connectivity index (χ1) is 15.4. The molecule has 0 aliphatic heterocycles. The molecular formula is C25H25N5S. The topological polar surface area (TPSA) is 50.9 Å². The molecule has 0 fully saturated rings. The Bertz CT molecular complexity index is 1180. The number of thioether (sulfide) groups is 1. The number of H-pyrrole nitrogens is 1. The standard InChI is InChI=1S/C25H25N5S/c1-4-10-20(11-5-1)23-24(21-12-6-2-7-13-21)28-25(27-23)31-19-9-3-8-16-29-17-18-30-22(29)14-15-26-30/h1-2,4-7,10-15,17-18H,3,8-9,16,19H2,(H,27,28). The van der Waals surface area contributed by atoms with Crippen molar-refractivity contribution in [1.29, 1.82) is 0 Å². The molecule has 5 aromatic rings. The minimum Gasteiger partial charge on any atom is -0.332 e. The zero-order chi connectivity index (χ0) is 20.9. The third-order valence-electron chi connectivity index (χ3n) is 5.41. The third kappa shape index (κ3) is 4.44. The lowest BCUT2D eigenvalue weighted by atomic mass is 10.1. The van der Waals surface area contributed by atoms with E-state index in [4.69, 9.17) is 4.98 Å². The van der Waals surface area contributed by atoms with Gasteiger partial charge in [-0.05, 0) is 12.8 Å². The van der Waals surface area contributed by atoms with E-state index < -0.39 is 0 Å². The van der Waals surface area contributed by atoms with Crippen LogP contribution in [0.4, 0.5) is 0 Å². The van der Waals surface area contributed by atoms with Crippen molar-refractivity contribution in [2.24, 2.45) is 0 Å². The highest BCUT2D eigenvalue weighted by atomic mass is 32.2. The van der Waals surface area contributed by atoms with Gasteiger partial charge in [-0.1, -0.05) is 78.8 Å². The highest BCUT2D eigenvalue weighted by Crippen LogP contribution is 2.32. The normalized spacial score (nSPS) is 11.4. The van der Waals surface area contributed by atoms with E-state index in [1.807, 2.05) is 40.8 Å². The molecule has 0 saturated carbocycles. The van der Waals surface area contributed by atoms with Gasteiger partial charge in [0.25, 0.3) is 0 Å². The first-order valence-electron chi connectivity index (χ1n) is 10.7. The summed E-state index contributed by atoms with van der Waals surface area (Å²) in [7, 11) is 0. The van der Waals surface area contributed by atoms with E-state index in [-0.39, 0.29) is 0 Å². The number of aryl methyl sites for hydroxylation is 1. The lowest BCUT2D eigenvalue weighted by molar-refractivity contribution is 0.616. The van der Waals surface area contributed by atoms with Crippen molar-refractivity contribution < 1.29 is 0 Å². The van der Waals surface area contributed by atoms with Crippen LogP contribution in [0.15, 0.2) is 90.5 Å². The molecule has 0 radical (unpaired) electrons. The smallest absolute Gasteiger partial charge is 0.166 e. The quantitative estimate of drug-likeness (QED) is 0.226. The summed E-state index contributed by atoms with van der Waals surface area (Å²) < 4.78 is 4.19. The average Bonchev–Trinajstić information content (AvgIpc) is 3.54. The van der Waals surface area contributed by atoms with Crippen LogP contribution in [0.2, 0.25) is 0 Å². The van der Waals surface area contributed by atoms with Gasteiger partial charge >= 0.3 is 0 Å². The molecule has 3 aromatic heterocycles. The molecule has 3 heterocycles. The predicted molar refractivity (Wildman–Crippen MR) is 127 cm³/mol. The molecule has 5 nitrogen and oxygen atoms in total. The minimum atomic E-state index is 0.990. The van der Waals surface area contributed by atoms with Crippen molar-refractivity contribution in [3.63, 3.8) is 0 Å². The Balaban J connectivity index is 1.19. The monoisotopic (exact) mass is 427 g/mol. The van der Waals surface area contributed by atoms with Crippen molar-refractivity contribution in [1.82, 2.24) is 24.1 Å². The van der Waals surface area contributed by atoms with Crippen LogP contribution in [0.5, 0.6) is 0 Å². The van der Waals surface area contributed by atoms with Crippen LogP contribution >= 0.6 is 11.8 Å². The third-order valence-corrected chi connectivity index (χ3v) is 6.36. The molecular weight excluding hydrogens is 402 g/mol. The molecule has 0 aliphatic carbocycles. The second kappa shape index (κ2) is 9.27. The maximum absolute atomic E-state index is 4.94. The van der Waals surface area contributed by atoms with Crippen molar-refractivity contribution in [2.75, 3.05) is 5.75 Å². The maximum Gasteiger partial charge on any atom is 0.166 e. The molecule has 2 aromatic carbocycles. The van der Waals surface area contributed by atoms with Gasteiger partial charge < -0.3 is 9.55 Å². The average molecular weight is 428 g/mol. The van der Waals surface area contributed by atoms with Gasteiger partial charge in [0.1, 0.15) is 5.65 Å². The van der Waals surface area contributed by atoms with Gasteiger partial charge in [0.05, 0.1) is 17.6 Å². The molecule has 5 rings (SSSR count). The Labute approximate surface area is 186 Å². The number of nitrogens with one attached hydrogen (secondary N) is 1. The van der Waals surface area contributed by atoms with Crippen LogP contribution in [0.3, 0.4) is 0 Å². The number of aromatic amines is 1. The number of fused-ring (bicyclic) bond motifs is 1. The van der Waals surface area contributed by atoms with Crippen LogP contribution in [0, 0.1) is 0 Å². The summed E-state index contributed by atoms with van der Waals surface area (Å²) in [6.45, 7) is 1.03. The summed E-state index contributed by atoms with van der Waals surface area (Å²) in [6.07, 6.45) is 9.50. The number of nitrogens with zero attached hydrogens (tertiary/aromatic N) is 4. The van der Waals surface area contributed by atoms with Crippen molar-refractivity contribution in [3.8, 4) is 22.5 Å². The predicted octanol–water partition coefficient (Wildman–Crippen LogP) is 6.16. The summed E-state index contributed by atoms with van der Waals surface area (Å²) >= 11 is 1.81. The van der Waals surface area contributed by atoms with E-state index in [0.29, 0.717) is 0 Å². The molecule has 0 aliphatic rings. The second-order valence-corrected chi connectivity index (χ2v) is 8.62. The number of rotatable bonds is 9. The van der Waals surface area contributed by atoms with Gasteiger partial charge in [0, 0.05) is 41.9 Å². The number of hydrogen-bond donors (Lipinski definition) is 1. The van der Waals surface area contributed by atoms with Crippen LogP contribution < -0.4 is 0 Å². The van der Waals surface area contributed by atoms with Crippen molar-refractivity contribution in [2.45, 2.75) is 31.0 Å². The highest BCUT2D eigenvalue weighted by Gasteiger charge is 2.14. The lowest BCUT2D eigenvalue weighted by Gasteiger charge is -2.03. The Morgan fingerprint density at radius 1 is 0.806 bits per heavy atom. The molecule has 0 saturated heterocycles. The van der Waals surface area contributed by atoms with Gasteiger partial charge in [-0.2, -0.15) is 5.10 Å². The fourth-order valence-electron chi connectivity index (χ4n) is 3.83. The zero-order valence-electron chi connectivity index (χ0n) is 17.3.